The molecule has 0 saturated carbocycles. The van der Waals surface area contributed by atoms with Gasteiger partial charge < -0.3 is 33.7 Å². The highest BCUT2D eigenvalue weighted by molar-refractivity contribution is 7.44. The number of hydrogen-bond acceptors (Lipinski definition) is 8. The molecule has 0 radical (unpaired) electrons. The molecule has 0 amide bonds. The van der Waals surface area contributed by atoms with Crippen molar-refractivity contribution in [1.29, 1.82) is 0 Å². The summed E-state index contributed by atoms with van der Waals surface area (Å²) in [6, 6.07) is 0. The number of phosphoric ester groups is 1. The van der Waals surface area contributed by atoms with E-state index in [1.165, 1.54) is 116 Å². The second-order valence-electron chi connectivity index (χ2n) is 14.7. The lowest BCUT2D eigenvalue weighted by Gasteiger charge is -2.25. The fraction of sp³-hybridized carbons (Fsp3) is 0.947. The van der Waals surface area contributed by atoms with Crippen LogP contribution in [-0.4, -0.2) is 84.5 Å². The van der Waals surface area contributed by atoms with Crippen LogP contribution in [0.4, 0.5) is 0 Å². The van der Waals surface area contributed by atoms with Crippen molar-refractivity contribution in [3.8, 4) is 0 Å². The molecule has 0 aromatic heterocycles. The number of unbranched alkanes of at least 4 members (excludes halogenated alkanes) is 22. The van der Waals surface area contributed by atoms with Gasteiger partial charge in [0.1, 0.15) is 19.3 Å². The third kappa shape index (κ3) is 39.8. The van der Waals surface area contributed by atoms with Crippen LogP contribution in [0.2, 0.25) is 0 Å². The molecule has 3 atom stereocenters. The zero-order valence-electron chi connectivity index (χ0n) is 32.3. The maximum atomic E-state index is 12.6. The molecule has 294 valence electrons. The fourth-order valence-electron chi connectivity index (χ4n) is 5.48. The lowest BCUT2D eigenvalue weighted by Crippen LogP contribution is -2.40. The van der Waals surface area contributed by atoms with E-state index in [1.807, 2.05) is 21.1 Å². The predicted octanol–water partition coefficient (Wildman–Crippen LogP) is 8.17. The Bertz CT molecular complexity index is 801. The number of nitrogens with zero attached hydrogens (tertiary/aromatic N) is 1. The van der Waals surface area contributed by atoms with E-state index >= 15 is 0 Å². The Morgan fingerprint density at radius 1 is 0.653 bits per heavy atom. The average Bonchev–Trinajstić information content (AvgIpc) is 3.03. The van der Waals surface area contributed by atoms with Crippen LogP contribution in [0.3, 0.4) is 0 Å². The molecule has 1 unspecified atom stereocenters. The van der Waals surface area contributed by atoms with Crippen LogP contribution in [-0.2, 0) is 23.4 Å². The lowest BCUT2D eigenvalue weighted by atomic mass is 10.0. The highest BCUT2D eigenvalue weighted by Gasteiger charge is 2.29. The van der Waals surface area contributed by atoms with E-state index < -0.39 is 32.6 Å². The molecule has 0 bridgehead atoms. The fourth-order valence-corrected chi connectivity index (χ4v) is 5.79. The van der Waals surface area contributed by atoms with E-state index in [4.69, 9.17) is 9.63 Å². The van der Waals surface area contributed by atoms with Gasteiger partial charge >= 0.3 is 5.97 Å². The third-order valence-corrected chi connectivity index (χ3v) is 9.15. The highest BCUT2D eigenvalue weighted by atomic mass is 31.2. The molecule has 0 aliphatic carbocycles. The Labute approximate surface area is 300 Å². The first-order valence-electron chi connectivity index (χ1n) is 19.8. The van der Waals surface area contributed by atoms with Gasteiger partial charge in [-0.15, -0.1) is 0 Å². The van der Waals surface area contributed by atoms with Crippen molar-refractivity contribution >= 4 is 19.6 Å². The third-order valence-electron chi connectivity index (χ3n) is 8.64. The molecular formula is C38H78NO9P. The Morgan fingerprint density at radius 3 is 1.33 bits per heavy atom. The molecule has 0 fully saturated rings. The summed E-state index contributed by atoms with van der Waals surface area (Å²) < 4.78 is 20.1. The highest BCUT2D eigenvalue weighted by Crippen LogP contribution is 2.29. The minimum atomic E-state index is -4.51. The molecule has 3 N–H and O–H groups in total. The molecule has 0 saturated heterocycles. The topological polar surface area (TPSA) is 153 Å². The summed E-state index contributed by atoms with van der Waals surface area (Å²) in [5, 5.41) is 19.4. The van der Waals surface area contributed by atoms with Gasteiger partial charge in [-0.05, 0) is 12.8 Å². The van der Waals surface area contributed by atoms with Crippen molar-refractivity contribution in [2.45, 2.75) is 193 Å². The second kappa shape index (κ2) is 34.2. The first-order chi connectivity index (χ1) is 23.3. The number of aliphatic hydroxyl groups excluding tert-OH is 2. The Kier molecular flexibility index (Phi) is 35.1. The number of carbonyl (C=O) groups is 2. The summed E-state index contributed by atoms with van der Waals surface area (Å²) in [5.74, 6) is -0.723. The number of phosphoric acid groups is 1. The van der Waals surface area contributed by atoms with Crippen molar-refractivity contribution in [3.05, 3.63) is 0 Å². The lowest BCUT2D eigenvalue weighted by molar-refractivity contribution is -0.870. The number of Topliss-reactive ketones (excluding diaryl/α,β-unsaturated/α-hetero) is 1. The SMILES string of the molecule is CCCCCCCCCCCCCCCC(=O)[C@@H](OC(=O)CCCCCCCCCCCCC)[C@@H](O)CO.C[N+](C)(C)CCOP(=O)([O-])O. The Balaban J connectivity index is 0. The van der Waals surface area contributed by atoms with E-state index in [-0.39, 0.29) is 25.2 Å². The Morgan fingerprint density at radius 2 is 1.00 bits per heavy atom. The number of rotatable bonds is 34. The zero-order valence-corrected chi connectivity index (χ0v) is 33.2. The van der Waals surface area contributed by atoms with E-state index in [2.05, 4.69) is 18.4 Å². The van der Waals surface area contributed by atoms with Crippen molar-refractivity contribution in [3.63, 3.8) is 0 Å². The number of carbonyl (C=O) groups excluding carboxylic acids is 2. The van der Waals surface area contributed by atoms with Crippen LogP contribution in [0.15, 0.2) is 0 Å². The van der Waals surface area contributed by atoms with Gasteiger partial charge in [0.15, 0.2) is 11.9 Å². The van der Waals surface area contributed by atoms with Crippen LogP contribution >= 0.6 is 7.82 Å². The van der Waals surface area contributed by atoms with Crippen LogP contribution in [0.25, 0.3) is 0 Å². The van der Waals surface area contributed by atoms with Crippen molar-refractivity contribution in [2.75, 3.05) is 40.9 Å². The standard InChI is InChI=1S/C33H64O5.C5H14NO4P/c1-3-5-7-9-11-13-15-16-18-19-21-23-25-27-30(35)33(31(36)29-34)38-32(37)28-26-24-22-20-17-14-12-10-8-6-4-2;1-6(2,3)4-5-10-11(7,8)9/h31,33-34,36H,3-29H2,1-2H3;4-5H2,1-3H3,(H-,7,8,9)/t31-,33+;/m0./s1. The summed E-state index contributed by atoms with van der Waals surface area (Å²) >= 11 is 0. The number of esters is 1. The molecule has 0 aromatic rings. The number of ether oxygens (including phenoxy) is 1. The van der Waals surface area contributed by atoms with Gasteiger partial charge in [-0.1, -0.05) is 155 Å². The molecule has 0 spiro atoms. The molecule has 0 aliphatic rings. The largest absolute Gasteiger partial charge is 0.756 e. The van der Waals surface area contributed by atoms with Gasteiger partial charge in [0.2, 0.25) is 0 Å². The number of quaternary nitrogens is 1. The smallest absolute Gasteiger partial charge is 0.306 e. The predicted molar refractivity (Wildman–Crippen MR) is 198 cm³/mol. The van der Waals surface area contributed by atoms with Crippen LogP contribution in [0.5, 0.6) is 0 Å². The van der Waals surface area contributed by atoms with Crippen LogP contribution in [0.1, 0.15) is 181 Å². The Hall–Kier alpha value is -0.870. The zero-order chi connectivity index (χ0) is 37.2. The summed E-state index contributed by atoms with van der Waals surface area (Å²) in [5.41, 5.74) is 0. The first-order valence-corrected chi connectivity index (χ1v) is 21.3. The number of hydrogen-bond donors (Lipinski definition) is 3. The quantitative estimate of drug-likeness (QED) is 0.0258. The van der Waals surface area contributed by atoms with Crippen LogP contribution < -0.4 is 4.89 Å². The summed E-state index contributed by atoms with van der Waals surface area (Å²) in [7, 11) is 1.19. The van der Waals surface area contributed by atoms with Gasteiger partial charge in [-0.3, -0.25) is 14.2 Å². The summed E-state index contributed by atoms with van der Waals surface area (Å²) in [4.78, 5) is 43.1. The minimum Gasteiger partial charge on any atom is -0.756 e. The summed E-state index contributed by atoms with van der Waals surface area (Å²) in [6.07, 6.45) is 27.3. The summed E-state index contributed by atoms with van der Waals surface area (Å²) in [6.45, 7) is 4.46. The number of ketones is 1. The maximum absolute atomic E-state index is 12.6. The van der Waals surface area contributed by atoms with Crippen molar-refractivity contribution < 1.29 is 47.9 Å². The maximum Gasteiger partial charge on any atom is 0.306 e. The number of aliphatic hydroxyl groups is 2. The molecular weight excluding hydrogens is 645 g/mol. The van der Waals surface area contributed by atoms with Gasteiger partial charge in [0, 0.05) is 12.8 Å². The molecule has 49 heavy (non-hydrogen) atoms. The van der Waals surface area contributed by atoms with Crippen LogP contribution in [0, 0.1) is 0 Å². The normalized spacial score (nSPS) is 14.1. The average molecular weight is 724 g/mol. The molecule has 0 aromatic carbocycles. The molecule has 0 aliphatic heterocycles. The van der Waals surface area contributed by atoms with Gasteiger partial charge in [-0.25, -0.2) is 0 Å². The van der Waals surface area contributed by atoms with Crippen molar-refractivity contribution in [2.24, 2.45) is 0 Å². The van der Waals surface area contributed by atoms with Crippen molar-refractivity contribution in [1.82, 2.24) is 0 Å². The monoisotopic (exact) mass is 724 g/mol. The number of likely N-dealkylation sites (N-methyl/N-ethyl adjacent to an activating group) is 1. The molecule has 11 heteroatoms. The van der Waals surface area contributed by atoms with Gasteiger partial charge in [0.25, 0.3) is 7.82 Å². The van der Waals surface area contributed by atoms with Gasteiger partial charge in [-0.2, -0.15) is 0 Å². The molecule has 10 nitrogen and oxygen atoms in total. The minimum absolute atomic E-state index is 0.0147. The van der Waals surface area contributed by atoms with E-state index in [0.717, 1.165) is 38.5 Å². The second-order valence-corrected chi connectivity index (χ2v) is 15.9. The van der Waals surface area contributed by atoms with E-state index in [9.17, 15) is 29.3 Å². The van der Waals surface area contributed by atoms with Gasteiger partial charge in [0.05, 0.1) is 27.7 Å². The van der Waals surface area contributed by atoms with E-state index in [1.54, 1.807) is 0 Å². The first kappa shape index (κ1) is 50.2. The molecule has 0 heterocycles. The molecule has 0 rings (SSSR count). The van der Waals surface area contributed by atoms with E-state index in [0.29, 0.717) is 11.0 Å².